The molecule has 1 aliphatic rings. The molecule has 2 rings (SSSR count). The van der Waals surface area contributed by atoms with Gasteiger partial charge in [0.2, 0.25) is 0 Å². The van der Waals surface area contributed by atoms with Crippen molar-refractivity contribution in [2.75, 3.05) is 6.61 Å². The van der Waals surface area contributed by atoms with Crippen molar-refractivity contribution in [3.8, 4) is 0 Å². The van der Waals surface area contributed by atoms with Crippen LogP contribution in [-0.2, 0) is 14.3 Å². The Morgan fingerprint density at radius 1 is 1.38 bits per heavy atom. The third kappa shape index (κ3) is 4.62. The maximum atomic E-state index is 11.0. The van der Waals surface area contributed by atoms with Gasteiger partial charge >= 0.3 is 5.97 Å². The zero-order valence-corrected chi connectivity index (χ0v) is 14.1. The third-order valence-electron chi connectivity index (χ3n) is 3.58. The minimum Gasteiger partial charge on any atom is -0.463 e. The maximum absolute atomic E-state index is 11.0. The molecule has 0 unspecified atom stereocenters. The average Bonchev–Trinajstić information content (AvgIpc) is 2.55. The highest BCUT2D eigenvalue weighted by molar-refractivity contribution is 7.99. The average molecular weight is 353 g/mol. The molecular weight excluding hydrogens is 334 g/mol. The maximum Gasteiger partial charge on any atom is 0.302 e. The van der Waals surface area contributed by atoms with Crippen LogP contribution < -0.4 is 0 Å². The highest BCUT2D eigenvalue weighted by Gasteiger charge is 2.44. The number of carbonyl (C=O) groups excluding carboxylic acids is 1. The number of ether oxygens (including phenoxy) is 2. The summed E-state index contributed by atoms with van der Waals surface area (Å²) in [5, 5.41) is 23.9. The molecule has 0 aliphatic carbocycles. The Balaban J connectivity index is 2.17. The summed E-state index contributed by atoms with van der Waals surface area (Å²) in [5.41, 5.74) is 9.09. The lowest BCUT2D eigenvalue weighted by Gasteiger charge is -2.40. The van der Waals surface area contributed by atoms with Gasteiger partial charge < -0.3 is 19.7 Å². The first kappa shape index (κ1) is 18.6. The summed E-state index contributed by atoms with van der Waals surface area (Å²) in [7, 11) is 0. The van der Waals surface area contributed by atoms with E-state index in [4.69, 9.17) is 15.0 Å². The number of nitrogens with zero attached hydrogens (tertiary/aromatic N) is 3. The zero-order chi connectivity index (χ0) is 17.7. The van der Waals surface area contributed by atoms with Crippen LogP contribution in [0.4, 0.5) is 0 Å². The lowest BCUT2D eigenvalue weighted by molar-refractivity contribution is -0.178. The zero-order valence-electron chi connectivity index (χ0n) is 13.3. The van der Waals surface area contributed by atoms with Crippen LogP contribution in [0.2, 0.25) is 0 Å². The van der Waals surface area contributed by atoms with Gasteiger partial charge in [-0.3, -0.25) is 4.79 Å². The van der Waals surface area contributed by atoms with Crippen molar-refractivity contribution in [3.05, 3.63) is 40.3 Å². The number of azide groups is 1. The molecule has 9 heteroatoms. The number of aliphatic hydroxyl groups is 2. The molecule has 1 aliphatic heterocycles. The molecule has 5 atom stereocenters. The molecule has 8 nitrogen and oxygen atoms in total. The van der Waals surface area contributed by atoms with Crippen LogP contribution >= 0.6 is 11.8 Å². The molecule has 2 N–H and O–H groups in total. The number of esters is 1. The normalized spacial score (nSPS) is 29.6. The summed E-state index contributed by atoms with van der Waals surface area (Å²) in [6, 6.07) is 6.65. The van der Waals surface area contributed by atoms with Gasteiger partial charge in [-0.2, -0.15) is 0 Å². The van der Waals surface area contributed by atoms with E-state index in [0.717, 1.165) is 10.5 Å². The molecule has 1 aromatic carbocycles. The molecule has 0 amide bonds. The van der Waals surface area contributed by atoms with E-state index in [2.05, 4.69) is 10.0 Å². The van der Waals surface area contributed by atoms with Crippen molar-refractivity contribution >= 4 is 17.7 Å². The van der Waals surface area contributed by atoms with Crippen LogP contribution in [0.5, 0.6) is 0 Å². The molecule has 24 heavy (non-hydrogen) atoms. The quantitative estimate of drug-likeness (QED) is 0.360. The van der Waals surface area contributed by atoms with Crippen LogP contribution in [0.15, 0.2) is 34.3 Å². The molecule has 1 fully saturated rings. The molecule has 1 saturated heterocycles. The van der Waals surface area contributed by atoms with Crippen LogP contribution in [0, 0.1) is 6.92 Å². The Morgan fingerprint density at radius 2 is 2.04 bits per heavy atom. The first-order valence-corrected chi connectivity index (χ1v) is 8.23. The van der Waals surface area contributed by atoms with Crippen molar-refractivity contribution in [3.63, 3.8) is 0 Å². The van der Waals surface area contributed by atoms with Crippen molar-refractivity contribution in [2.24, 2.45) is 5.11 Å². The van der Waals surface area contributed by atoms with E-state index >= 15 is 0 Å². The van der Waals surface area contributed by atoms with Crippen LogP contribution in [0.25, 0.3) is 10.4 Å². The fourth-order valence-corrected chi connectivity index (χ4v) is 3.40. The molecule has 1 aromatic rings. The van der Waals surface area contributed by atoms with E-state index < -0.39 is 35.8 Å². The molecule has 0 spiro atoms. The van der Waals surface area contributed by atoms with E-state index in [-0.39, 0.29) is 6.61 Å². The monoisotopic (exact) mass is 353 g/mol. The lowest BCUT2D eigenvalue weighted by Crippen LogP contribution is -2.57. The van der Waals surface area contributed by atoms with Crippen molar-refractivity contribution in [1.29, 1.82) is 0 Å². The molecule has 1 heterocycles. The Bertz CT molecular complexity index is 620. The van der Waals surface area contributed by atoms with Crippen LogP contribution in [0.3, 0.4) is 0 Å². The molecule has 130 valence electrons. The summed E-state index contributed by atoms with van der Waals surface area (Å²) in [6.45, 7) is 3.01. The number of rotatable bonds is 5. The van der Waals surface area contributed by atoms with Gasteiger partial charge in [0.1, 0.15) is 30.3 Å². The minimum absolute atomic E-state index is 0.193. The fourth-order valence-electron chi connectivity index (χ4n) is 2.28. The van der Waals surface area contributed by atoms with Gasteiger partial charge in [-0.05, 0) is 24.6 Å². The van der Waals surface area contributed by atoms with Gasteiger partial charge in [0.25, 0.3) is 0 Å². The van der Waals surface area contributed by atoms with E-state index in [1.54, 1.807) is 0 Å². The summed E-state index contributed by atoms with van der Waals surface area (Å²) < 4.78 is 10.6. The van der Waals surface area contributed by atoms with Gasteiger partial charge in [-0.25, -0.2) is 0 Å². The highest BCUT2D eigenvalue weighted by atomic mass is 32.2. The summed E-state index contributed by atoms with van der Waals surface area (Å²) >= 11 is 1.27. The topological polar surface area (TPSA) is 125 Å². The van der Waals surface area contributed by atoms with Gasteiger partial charge in [-0.1, -0.05) is 34.6 Å². The van der Waals surface area contributed by atoms with E-state index in [1.807, 2.05) is 31.2 Å². The predicted molar refractivity (Wildman–Crippen MR) is 87.3 cm³/mol. The van der Waals surface area contributed by atoms with Crippen LogP contribution in [0.1, 0.15) is 12.5 Å². The second-order valence-corrected chi connectivity index (χ2v) is 6.62. The first-order valence-electron chi connectivity index (χ1n) is 7.35. The number of aliphatic hydroxyl groups excluding tert-OH is 2. The number of thioether (sulfide) groups is 1. The SMILES string of the molecule is CC(=O)OC[C@H]1O[C@H](Sc2ccc(C)cc2)[C@H](N=[N+]=[N-])[C@@H](O)[C@@H]1O. The molecule has 0 saturated carbocycles. The smallest absolute Gasteiger partial charge is 0.302 e. The van der Waals surface area contributed by atoms with Crippen molar-refractivity contribution < 1.29 is 24.5 Å². The molecular formula is C15H19N3O5S. The third-order valence-corrected chi connectivity index (χ3v) is 4.74. The summed E-state index contributed by atoms with van der Waals surface area (Å²) in [4.78, 5) is 14.5. The Labute approximate surface area is 143 Å². The molecule has 0 radical (unpaired) electrons. The number of hydrogen-bond acceptors (Lipinski definition) is 7. The molecule has 0 bridgehead atoms. The Morgan fingerprint density at radius 3 is 2.62 bits per heavy atom. The van der Waals surface area contributed by atoms with Crippen molar-refractivity contribution in [1.82, 2.24) is 0 Å². The number of carbonyl (C=O) groups is 1. The summed E-state index contributed by atoms with van der Waals surface area (Å²) in [5.74, 6) is -0.514. The Kier molecular flexibility index (Phi) is 6.47. The first-order chi connectivity index (χ1) is 11.4. The van der Waals surface area contributed by atoms with Gasteiger partial charge in [0, 0.05) is 16.7 Å². The van der Waals surface area contributed by atoms with Crippen molar-refractivity contribution in [2.45, 2.75) is 48.5 Å². The number of hydrogen-bond donors (Lipinski definition) is 2. The summed E-state index contributed by atoms with van der Waals surface area (Å²) in [6.07, 6.45) is -3.55. The fraction of sp³-hybridized carbons (Fsp3) is 0.533. The van der Waals surface area contributed by atoms with Crippen LogP contribution in [-0.4, -0.2) is 52.6 Å². The molecule has 0 aromatic heterocycles. The van der Waals surface area contributed by atoms with Gasteiger partial charge in [0.15, 0.2) is 0 Å². The standard InChI is InChI=1S/C15H19N3O5S/c1-8-3-5-10(6-4-8)24-15-12(17-18-16)14(21)13(20)11(23-15)7-22-9(2)19/h3-6,11-15,20-21H,7H2,1-2H3/t11-,12-,13-,14-,15-/m1/s1. The largest absolute Gasteiger partial charge is 0.463 e. The number of benzene rings is 1. The second kappa shape index (κ2) is 8.36. The van der Waals surface area contributed by atoms with Gasteiger partial charge in [-0.15, -0.1) is 0 Å². The predicted octanol–water partition coefficient (Wildman–Crippen LogP) is 1.78. The highest BCUT2D eigenvalue weighted by Crippen LogP contribution is 2.35. The Hall–Kier alpha value is -1.77. The van der Waals surface area contributed by atoms with E-state index in [0.29, 0.717) is 0 Å². The van der Waals surface area contributed by atoms with Gasteiger partial charge in [0.05, 0.1) is 6.10 Å². The lowest BCUT2D eigenvalue weighted by atomic mass is 9.99. The van der Waals surface area contributed by atoms with E-state index in [9.17, 15) is 15.0 Å². The van der Waals surface area contributed by atoms with E-state index in [1.165, 1.54) is 18.7 Å². The minimum atomic E-state index is -1.32. The number of aryl methyl sites for hydroxylation is 1. The second-order valence-electron chi connectivity index (χ2n) is 5.45.